The second kappa shape index (κ2) is 8.11. The summed E-state index contributed by atoms with van der Waals surface area (Å²) in [5, 5.41) is 18.4. The number of thioether (sulfide) groups is 1. The van der Waals surface area contributed by atoms with Crippen molar-refractivity contribution in [2.75, 3.05) is 13.7 Å². The minimum absolute atomic E-state index is 0.165. The van der Waals surface area contributed by atoms with E-state index in [0.717, 1.165) is 16.9 Å². The topological polar surface area (TPSA) is 49.7 Å². The molecule has 1 rings (SSSR count). The number of aliphatic hydroxyl groups is 2. The lowest BCUT2D eigenvalue weighted by Gasteiger charge is -2.14. The van der Waals surface area contributed by atoms with Gasteiger partial charge in [0.25, 0.3) is 0 Å². The van der Waals surface area contributed by atoms with E-state index < -0.39 is 0 Å². The molecule has 2 atom stereocenters. The van der Waals surface area contributed by atoms with Gasteiger partial charge in [-0.05, 0) is 24.6 Å². The largest absolute Gasteiger partial charge is 0.495 e. The predicted octanol–water partition coefficient (Wildman–Crippen LogP) is 2.04. The predicted molar refractivity (Wildman–Crippen MR) is 79.4 cm³/mol. The van der Waals surface area contributed by atoms with Gasteiger partial charge >= 0.3 is 0 Å². The van der Waals surface area contributed by atoms with Crippen LogP contribution in [-0.4, -0.2) is 35.3 Å². The number of hydrogen-bond donors (Lipinski definition) is 2. The van der Waals surface area contributed by atoms with Gasteiger partial charge < -0.3 is 14.9 Å². The van der Waals surface area contributed by atoms with Gasteiger partial charge in [-0.1, -0.05) is 24.8 Å². The van der Waals surface area contributed by atoms with E-state index in [2.05, 4.69) is 11.8 Å². The van der Waals surface area contributed by atoms with Crippen LogP contribution in [0.15, 0.2) is 18.2 Å². The molecule has 3 nitrogen and oxygen atoms in total. The van der Waals surface area contributed by atoms with Crippen LogP contribution in [0.2, 0.25) is 0 Å². The van der Waals surface area contributed by atoms with Crippen molar-refractivity contribution in [3.8, 4) is 17.6 Å². The van der Waals surface area contributed by atoms with Crippen LogP contribution in [0.25, 0.3) is 0 Å². The van der Waals surface area contributed by atoms with Crippen LogP contribution in [0.4, 0.5) is 0 Å². The third-order valence-corrected chi connectivity index (χ3v) is 4.18. The van der Waals surface area contributed by atoms with E-state index in [9.17, 15) is 5.11 Å². The van der Waals surface area contributed by atoms with E-state index in [0.29, 0.717) is 5.75 Å². The maximum absolute atomic E-state index is 9.46. The molecule has 0 aliphatic rings. The van der Waals surface area contributed by atoms with E-state index >= 15 is 0 Å². The zero-order valence-electron chi connectivity index (χ0n) is 11.5. The number of ether oxygens (including phenoxy) is 1. The molecule has 2 N–H and O–H groups in total. The Balaban J connectivity index is 2.80. The van der Waals surface area contributed by atoms with Crippen LogP contribution in [0.3, 0.4) is 0 Å². The summed E-state index contributed by atoms with van der Waals surface area (Å²) >= 11 is 1.70. The molecule has 4 heteroatoms. The molecular weight excluding hydrogens is 260 g/mol. The maximum Gasteiger partial charge on any atom is 0.134 e. The third kappa shape index (κ3) is 5.15. The first-order valence-electron chi connectivity index (χ1n) is 6.14. The summed E-state index contributed by atoms with van der Waals surface area (Å²) < 4.78 is 5.23. The van der Waals surface area contributed by atoms with Crippen LogP contribution in [0.5, 0.6) is 5.75 Å². The van der Waals surface area contributed by atoms with Gasteiger partial charge in [-0.25, -0.2) is 0 Å². The lowest BCUT2D eigenvalue weighted by molar-refractivity contribution is 0.196. The fourth-order valence-electron chi connectivity index (χ4n) is 1.44. The minimum atomic E-state index is -0.322. The van der Waals surface area contributed by atoms with E-state index in [-0.39, 0.29) is 18.0 Å². The van der Waals surface area contributed by atoms with E-state index in [1.54, 1.807) is 25.8 Å². The Morgan fingerprint density at radius 2 is 2.11 bits per heavy atom. The summed E-state index contributed by atoms with van der Waals surface area (Å²) in [5.41, 5.74) is 1.90. The van der Waals surface area contributed by atoms with Crippen LogP contribution in [-0.2, 0) is 5.75 Å². The van der Waals surface area contributed by atoms with E-state index in [4.69, 9.17) is 9.84 Å². The molecule has 0 fully saturated rings. The molecule has 2 unspecified atom stereocenters. The van der Waals surface area contributed by atoms with Gasteiger partial charge in [0.1, 0.15) is 12.4 Å². The Kier molecular flexibility index (Phi) is 6.79. The smallest absolute Gasteiger partial charge is 0.134 e. The van der Waals surface area contributed by atoms with Crippen LogP contribution in [0, 0.1) is 11.8 Å². The number of aliphatic hydroxyl groups excluding tert-OH is 2. The molecule has 0 bridgehead atoms. The molecule has 0 saturated carbocycles. The maximum atomic E-state index is 9.46. The van der Waals surface area contributed by atoms with Gasteiger partial charge in [0.15, 0.2) is 0 Å². The average Bonchev–Trinajstić information content (AvgIpc) is 2.42. The molecule has 0 spiro atoms. The average molecular weight is 280 g/mol. The molecule has 1 aromatic carbocycles. The molecule has 0 amide bonds. The van der Waals surface area contributed by atoms with Crippen molar-refractivity contribution in [2.24, 2.45) is 0 Å². The summed E-state index contributed by atoms with van der Waals surface area (Å²) in [6.45, 7) is 3.64. The van der Waals surface area contributed by atoms with Crippen molar-refractivity contribution in [1.29, 1.82) is 0 Å². The van der Waals surface area contributed by atoms with Crippen LogP contribution in [0.1, 0.15) is 25.0 Å². The Hall–Kier alpha value is -1.15. The highest BCUT2D eigenvalue weighted by Gasteiger charge is 2.10. The molecule has 1 aromatic rings. The first kappa shape index (κ1) is 15.9. The SMILES string of the molecule is COc1ccc(CSC(C)C(C)O)cc1C#CCO. The molecule has 0 saturated heterocycles. The summed E-state index contributed by atoms with van der Waals surface area (Å²) in [4.78, 5) is 0. The number of hydrogen-bond acceptors (Lipinski definition) is 4. The van der Waals surface area contributed by atoms with Crippen molar-refractivity contribution in [3.63, 3.8) is 0 Å². The van der Waals surface area contributed by atoms with Crippen molar-refractivity contribution >= 4 is 11.8 Å². The number of methoxy groups -OCH3 is 1. The van der Waals surface area contributed by atoms with E-state index in [1.165, 1.54) is 0 Å². The molecule has 0 aromatic heterocycles. The van der Waals surface area contributed by atoms with E-state index in [1.807, 2.05) is 25.1 Å². The van der Waals surface area contributed by atoms with Gasteiger partial charge in [-0.3, -0.25) is 0 Å². The van der Waals surface area contributed by atoms with Crippen molar-refractivity contribution in [3.05, 3.63) is 29.3 Å². The lowest BCUT2D eigenvalue weighted by Crippen LogP contribution is -2.15. The van der Waals surface area contributed by atoms with Crippen LogP contribution < -0.4 is 4.74 Å². The lowest BCUT2D eigenvalue weighted by atomic mass is 10.1. The van der Waals surface area contributed by atoms with Gasteiger partial charge in [-0.15, -0.1) is 0 Å². The summed E-state index contributed by atoms with van der Waals surface area (Å²) in [6.07, 6.45) is -0.322. The third-order valence-electron chi connectivity index (χ3n) is 2.76. The molecular formula is C15H20O3S. The highest BCUT2D eigenvalue weighted by molar-refractivity contribution is 7.99. The van der Waals surface area contributed by atoms with Crippen molar-refractivity contribution < 1.29 is 14.9 Å². The standard InChI is InChI=1S/C15H20O3S/c1-11(17)12(2)19-10-13-6-7-15(18-3)14(9-13)5-4-8-16/h6-7,9,11-12,16-17H,8,10H2,1-3H3. The molecule has 0 radical (unpaired) electrons. The molecule has 19 heavy (non-hydrogen) atoms. The first-order valence-corrected chi connectivity index (χ1v) is 7.19. The van der Waals surface area contributed by atoms with Gasteiger partial charge in [0.05, 0.1) is 18.8 Å². The molecule has 0 aliphatic heterocycles. The zero-order chi connectivity index (χ0) is 14.3. The monoisotopic (exact) mass is 280 g/mol. The number of benzene rings is 1. The normalized spacial score (nSPS) is 13.3. The van der Waals surface area contributed by atoms with Gasteiger partial charge in [-0.2, -0.15) is 11.8 Å². The first-order chi connectivity index (χ1) is 9.08. The van der Waals surface area contributed by atoms with Gasteiger partial charge in [0, 0.05) is 11.0 Å². The fraction of sp³-hybridized carbons (Fsp3) is 0.467. The minimum Gasteiger partial charge on any atom is -0.495 e. The highest BCUT2D eigenvalue weighted by atomic mass is 32.2. The van der Waals surface area contributed by atoms with Crippen LogP contribution >= 0.6 is 11.8 Å². The van der Waals surface area contributed by atoms with Crippen molar-refractivity contribution in [2.45, 2.75) is 31.0 Å². The molecule has 0 aliphatic carbocycles. The summed E-state index contributed by atoms with van der Waals surface area (Å²) in [6, 6.07) is 5.83. The Morgan fingerprint density at radius 3 is 2.68 bits per heavy atom. The Morgan fingerprint density at radius 1 is 1.37 bits per heavy atom. The fourth-order valence-corrected chi connectivity index (χ4v) is 2.36. The Bertz CT molecular complexity index is 460. The summed E-state index contributed by atoms with van der Waals surface area (Å²) in [7, 11) is 1.60. The quantitative estimate of drug-likeness (QED) is 0.810. The zero-order valence-corrected chi connectivity index (χ0v) is 12.3. The second-order valence-electron chi connectivity index (χ2n) is 4.25. The van der Waals surface area contributed by atoms with Gasteiger partial charge in [0.2, 0.25) is 0 Å². The number of rotatable bonds is 5. The Labute approximate surface area is 119 Å². The highest BCUT2D eigenvalue weighted by Crippen LogP contribution is 2.24. The molecule has 0 heterocycles. The molecule has 104 valence electrons. The summed E-state index contributed by atoms with van der Waals surface area (Å²) in [5.74, 6) is 7.03. The second-order valence-corrected chi connectivity index (χ2v) is 5.62. The van der Waals surface area contributed by atoms with Crippen molar-refractivity contribution in [1.82, 2.24) is 0 Å².